The van der Waals surface area contributed by atoms with Crippen molar-refractivity contribution in [1.82, 2.24) is 4.90 Å². The number of hydrogen-bond donors (Lipinski definition) is 0. The highest BCUT2D eigenvalue weighted by molar-refractivity contribution is 7.99. The van der Waals surface area contributed by atoms with Crippen LogP contribution in [0.4, 0.5) is 0 Å². The Morgan fingerprint density at radius 3 is 2.62 bits per heavy atom. The maximum Gasteiger partial charge on any atom is 0.233 e. The van der Waals surface area contributed by atoms with Crippen LogP contribution in [0.5, 0.6) is 0 Å². The third-order valence-corrected chi connectivity index (χ3v) is 6.86. The van der Waals surface area contributed by atoms with Crippen LogP contribution in [0.15, 0.2) is 53.1 Å². The molecule has 1 atom stereocenters. The highest BCUT2D eigenvalue weighted by atomic mass is 32.2. The maximum absolute atomic E-state index is 13.7. The Hall–Kier alpha value is -1.72. The lowest BCUT2D eigenvalue weighted by atomic mass is 9.73. The van der Waals surface area contributed by atoms with Crippen molar-refractivity contribution in [2.45, 2.75) is 29.9 Å². The second-order valence-electron chi connectivity index (χ2n) is 7.02. The Morgan fingerprint density at radius 1 is 1.08 bits per heavy atom. The Kier molecular flexibility index (Phi) is 5.36. The van der Waals surface area contributed by atoms with Gasteiger partial charge < -0.3 is 14.1 Å². The molecule has 3 heterocycles. The molecule has 2 fully saturated rings. The van der Waals surface area contributed by atoms with Crippen molar-refractivity contribution < 1.29 is 13.9 Å². The normalized spacial score (nSPS) is 23.4. The van der Waals surface area contributed by atoms with E-state index in [4.69, 9.17) is 9.15 Å². The van der Waals surface area contributed by atoms with Crippen LogP contribution < -0.4 is 0 Å². The number of rotatable bonds is 3. The van der Waals surface area contributed by atoms with Gasteiger partial charge >= 0.3 is 0 Å². The molecule has 0 spiro atoms. The molecule has 0 aliphatic carbocycles. The van der Waals surface area contributed by atoms with Crippen LogP contribution in [0.2, 0.25) is 0 Å². The van der Waals surface area contributed by atoms with E-state index in [1.54, 1.807) is 6.26 Å². The molecule has 0 bridgehead atoms. The number of furan rings is 1. The topological polar surface area (TPSA) is 42.7 Å². The summed E-state index contributed by atoms with van der Waals surface area (Å²) in [6.07, 6.45) is 4.20. The third-order valence-electron chi connectivity index (χ3n) is 5.57. The average molecular weight is 372 g/mol. The van der Waals surface area contributed by atoms with Crippen molar-refractivity contribution in [3.8, 4) is 0 Å². The van der Waals surface area contributed by atoms with Gasteiger partial charge in [0, 0.05) is 32.1 Å². The summed E-state index contributed by atoms with van der Waals surface area (Å²) < 4.78 is 11.2. The molecule has 2 aliphatic heterocycles. The van der Waals surface area contributed by atoms with Gasteiger partial charge in [-0.15, -0.1) is 11.8 Å². The summed E-state index contributed by atoms with van der Waals surface area (Å²) in [5.74, 6) is 2.24. The number of hydrogen-bond acceptors (Lipinski definition) is 4. The summed E-state index contributed by atoms with van der Waals surface area (Å²) in [5, 5.41) is 0.338. The standard InChI is InChI=1S/C21H25NO3S/c23-20(21(9-14-24-15-10-21)17-5-2-1-3-6-17)22-11-8-19(26-16-12-22)18-7-4-13-25-18/h1-7,13,19H,8-12,14-16H2/t19-/m1/s1. The Morgan fingerprint density at radius 2 is 1.88 bits per heavy atom. The monoisotopic (exact) mass is 371 g/mol. The highest BCUT2D eigenvalue weighted by Gasteiger charge is 2.44. The summed E-state index contributed by atoms with van der Waals surface area (Å²) in [5.41, 5.74) is 0.696. The van der Waals surface area contributed by atoms with E-state index in [0.29, 0.717) is 18.5 Å². The van der Waals surface area contributed by atoms with Crippen LogP contribution in [0.3, 0.4) is 0 Å². The number of nitrogens with zero attached hydrogens (tertiary/aromatic N) is 1. The molecule has 0 N–H and O–H groups in total. The smallest absolute Gasteiger partial charge is 0.233 e. The SMILES string of the molecule is O=C(N1CCS[C@@H](c2ccco2)CC1)C1(c2ccccc2)CCOCC1. The van der Waals surface area contributed by atoms with Gasteiger partial charge in [0.25, 0.3) is 0 Å². The van der Waals surface area contributed by atoms with Gasteiger partial charge in [0.1, 0.15) is 5.76 Å². The second kappa shape index (κ2) is 7.89. The summed E-state index contributed by atoms with van der Waals surface area (Å²) >= 11 is 1.89. The largest absolute Gasteiger partial charge is 0.468 e. The van der Waals surface area contributed by atoms with Crippen molar-refractivity contribution in [1.29, 1.82) is 0 Å². The zero-order chi connectivity index (χ0) is 17.8. The van der Waals surface area contributed by atoms with Crippen LogP contribution >= 0.6 is 11.8 Å². The van der Waals surface area contributed by atoms with Gasteiger partial charge in [-0.2, -0.15) is 0 Å². The minimum absolute atomic E-state index is 0.271. The fraction of sp³-hybridized carbons (Fsp3) is 0.476. The molecule has 0 unspecified atom stereocenters. The molecule has 26 heavy (non-hydrogen) atoms. The van der Waals surface area contributed by atoms with E-state index >= 15 is 0 Å². The van der Waals surface area contributed by atoms with E-state index in [-0.39, 0.29) is 5.91 Å². The molecule has 0 radical (unpaired) electrons. The Balaban J connectivity index is 1.54. The fourth-order valence-corrected chi connectivity index (χ4v) is 5.26. The van der Waals surface area contributed by atoms with Gasteiger partial charge in [-0.1, -0.05) is 30.3 Å². The average Bonchev–Trinajstić information content (AvgIpc) is 3.13. The van der Waals surface area contributed by atoms with Crippen LogP contribution in [-0.2, 0) is 14.9 Å². The van der Waals surface area contributed by atoms with Gasteiger partial charge in [-0.25, -0.2) is 0 Å². The molecule has 0 saturated carbocycles. The van der Waals surface area contributed by atoms with E-state index in [0.717, 1.165) is 49.4 Å². The van der Waals surface area contributed by atoms with Crippen molar-refractivity contribution in [2.75, 3.05) is 32.1 Å². The first kappa shape index (κ1) is 17.7. The molecule has 1 amide bonds. The summed E-state index contributed by atoms with van der Waals surface area (Å²) in [6.45, 7) is 2.89. The van der Waals surface area contributed by atoms with Crippen LogP contribution in [0.25, 0.3) is 0 Å². The molecule has 2 aromatic rings. The van der Waals surface area contributed by atoms with Crippen molar-refractivity contribution >= 4 is 17.7 Å². The van der Waals surface area contributed by atoms with Crippen LogP contribution in [0, 0.1) is 0 Å². The molecule has 1 aromatic heterocycles. The molecule has 5 heteroatoms. The minimum atomic E-state index is -0.436. The maximum atomic E-state index is 13.7. The van der Waals surface area contributed by atoms with E-state index in [9.17, 15) is 4.79 Å². The number of benzene rings is 1. The lowest BCUT2D eigenvalue weighted by Crippen LogP contribution is -2.50. The molecule has 1 aromatic carbocycles. The van der Waals surface area contributed by atoms with Crippen molar-refractivity contribution in [3.05, 3.63) is 60.1 Å². The van der Waals surface area contributed by atoms with E-state index in [1.165, 1.54) is 0 Å². The zero-order valence-electron chi connectivity index (χ0n) is 14.9. The van der Waals surface area contributed by atoms with Gasteiger partial charge in [0.05, 0.1) is 16.9 Å². The van der Waals surface area contributed by atoms with Crippen molar-refractivity contribution in [2.24, 2.45) is 0 Å². The first-order valence-corrected chi connectivity index (χ1v) is 10.4. The molecule has 2 saturated heterocycles. The highest BCUT2D eigenvalue weighted by Crippen LogP contribution is 2.39. The minimum Gasteiger partial charge on any atom is -0.468 e. The van der Waals surface area contributed by atoms with E-state index < -0.39 is 5.41 Å². The van der Waals surface area contributed by atoms with Crippen molar-refractivity contribution in [3.63, 3.8) is 0 Å². The van der Waals surface area contributed by atoms with Crippen LogP contribution in [-0.4, -0.2) is 42.9 Å². The molecule has 138 valence electrons. The number of ether oxygens (including phenoxy) is 1. The quantitative estimate of drug-likeness (QED) is 0.817. The second-order valence-corrected chi connectivity index (χ2v) is 8.33. The number of carbonyl (C=O) groups excluding carboxylic acids is 1. The molecular formula is C21H25NO3S. The predicted molar refractivity (Wildman–Crippen MR) is 103 cm³/mol. The Labute approximate surface area is 158 Å². The summed E-state index contributed by atoms with van der Waals surface area (Å²) in [6, 6.07) is 14.3. The van der Waals surface area contributed by atoms with Gasteiger partial charge in [0.2, 0.25) is 5.91 Å². The summed E-state index contributed by atoms with van der Waals surface area (Å²) in [7, 11) is 0. The van der Waals surface area contributed by atoms with Gasteiger partial charge in [-0.3, -0.25) is 4.79 Å². The lowest BCUT2D eigenvalue weighted by Gasteiger charge is -2.40. The lowest BCUT2D eigenvalue weighted by molar-refractivity contribution is -0.141. The number of thioether (sulfide) groups is 1. The van der Waals surface area contributed by atoms with E-state index in [1.807, 2.05) is 42.1 Å². The third kappa shape index (κ3) is 3.42. The molecular weight excluding hydrogens is 346 g/mol. The number of amides is 1. The van der Waals surface area contributed by atoms with Crippen LogP contribution in [0.1, 0.15) is 35.8 Å². The predicted octanol–water partition coefficient (Wildman–Crippen LogP) is 4.03. The zero-order valence-corrected chi connectivity index (χ0v) is 15.7. The summed E-state index contributed by atoms with van der Waals surface area (Å²) in [4.78, 5) is 15.7. The van der Waals surface area contributed by atoms with Gasteiger partial charge in [-0.05, 0) is 37.0 Å². The molecule has 4 rings (SSSR count). The molecule has 4 nitrogen and oxygen atoms in total. The first-order chi connectivity index (χ1) is 12.8. The fourth-order valence-electron chi connectivity index (χ4n) is 4.08. The first-order valence-electron chi connectivity index (χ1n) is 9.37. The van der Waals surface area contributed by atoms with E-state index in [2.05, 4.69) is 17.0 Å². The molecule has 2 aliphatic rings. The number of carbonyl (C=O) groups is 1. The Bertz CT molecular complexity index is 710. The van der Waals surface area contributed by atoms with Gasteiger partial charge in [0.15, 0.2) is 0 Å².